The molecule has 1 N–H and O–H groups in total. The van der Waals surface area contributed by atoms with Gasteiger partial charge < -0.3 is 5.32 Å². The van der Waals surface area contributed by atoms with E-state index in [1.54, 1.807) is 0 Å². The van der Waals surface area contributed by atoms with Gasteiger partial charge in [0.1, 0.15) is 0 Å². The second kappa shape index (κ2) is 6.80. The Kier molecular flexibility index (Phi) is 5.70. The molecule has 0 aliphatic heterocycles. The Hall–Kier alpha value is -0.820. The molecule has 0 heterocycles. The topological polar surface area (TPSA) is 12.0 Å². The maximum Gasteiger partial charge on any atom is 0.0322 e. The van der Waals surface area contributed by atoms with E-state index in [2.05, 4.69) is 58.1 Å². The molecular weight excluding hydrogens is 206 g/mol. The van der Waals surface area contributed by atoms with Crippen molar-refractivity contribution >= 4 is 0 Å². The van der Waals surface area contributed by atoms with E-state index >= 15 is 0 Å². The number of hydrogen-bond acceptors (Lipinski definition) is 1. The van der Waals surface area contributed by atoms with E-state index in [9.17, 15) is 0 Å². The van der Waals surface area contributed by atoms with E-state index in [1.165, 1.54) is 29.5 Å². The fraction of sp³-hybridized carbons (Fsp3) is 0.625. The van der Waals surface area contributed by atoms with Gasteiger partial charge in [0.25, 0.3) is 0 Å². The minimum atomic E-state index is 0.516. The summed E-state index contributed by atoms with van der Waals surface area (Å²) in [6, 6.07) is 7.17. The van der Waals surface area contributed by atoms with Crippen LogP contribution >= 0.6 is 0 Å². The fourth-order valence-electron chi connectivity index (χ4n) is 2.27. The Bertz CT molecular complexity index is 341. The summed E-state index contributed by atoms with van der Waals surface area (Å²) >= 11 is 0. The van der Waals surface area contributed by atoms with Gasteiger partial charge in [-0.2, -0.15) is 0 Å². The van der Waals surface area contributed by atoms with Gasteiger partial charge in [-0.15, -0.1) is 0 Å². The molecule has 17 heavy (non-hydrogen) atoms. The lowest BCUT2D eigenvalue weighted by Crippen LogP contribution is -2.22. The molecule has 0 aliphatic carbocycles. The predicted molar refractivity (Wildman–Crippen MR) is 76.4 cm³/mol. The van der Waals surface area contributed by atoms with Gasteiger partial charge in [0.15, 0.2) is 0 Å². The number of rotatable bonds is 6. The molecule has 1 heteroatoms. The zero-order valence-corrected chi connectivity index (χ0v) is 12.0. The monoisotopic (exact) mass is 233 g/mol. The normalized spacial score (nSPS) is 13.1. The lowest BCUT2D eigenvalue weighted by atomic mass is 9.92. The largest absolute Gasteiger partial charge is 0.310 e. The van der Waals surface area contributed by atoms with E-state index in [4.69, 9.17) is 0 Å². The Labute approximate surface area is 107 Å². The van der Waals surface area contributed by atoms with Crippen LogP contribution in [-0.4, -0.2) is 6.54 Å². The maximum atomic E-state index is 3.62. The minimum absolute atomic E-state index is 0.516. The van der Waals surface area contributed by atoms with Gasteiger partial charge >= 0.3 is 0 Å². The molecule has 0 saturated carbocycles. The van der Waals surface area contributed by atoms with Crippen molar-refractivity contribution < 1.29 is 0 Å². The molecule has 0 aliphatic rings. The van der Waals surface area contributed by atoms with Gasteiger partial charge in [-0.3, -0.25) is 0 Å². The van der Waals surface area contributed by atoms with E-state index in [1.807, 2.05) is 0 Å². The quantitative estimate of drug-likeness (QED) is 0.768. The first-order valence-corrected chi connectivity index (χ1v) is 6.85. The van der Waals surface area contributed by atoms with E-state index in [-0.39, 0.29) is 0 Å². The molecule has 0 saturated heterocycles. The second-order valence-electron chi connectivity index (χ2n) is 5.37. The molecule has 0 fully saturated rings. The van der Waals surface area contributed by atoms with Gasteiger partial charge in [0, 0.05) is 6.04 Å². The third kappa shape index (κ3) is 4.16. The van der Waals surface area contributed by atoms with E-state index < -0.39 is 0 Å². The first kappa shape index (κ1) is 14.2. The Morgan fingerprint density at radius 1 is 1.12 bits per heavy atom. The van der Waals surface area contributed by atoms with E-state index in [0.717, 1.165) is 12.5 Å². The minimum Gasteiger partial charge on any atom is -0.310 e. The second-order valence-corrected chi connectivity index (χ2v) is 5.37. The summed E-state index contributed by atoms with van der Waals surface area (Å²) in [5.74, 6) is 0.779. The van der Waals surface area contributed by atoms with E-state index in [0.29, 0.717) is 6.04 Å². The Balaban J connectivity index is 2.85. The molecule has 1 aromatic carbocycles. The van der Waals surface area contributed by atoms with Crippen molar-refractivity contribution in [3.8, 4) is 0 Å². The smallest absolute Gasteiger partial charge is 0.0322 e. The number of benzene rings is 1. The lowest BCUT2D eigenvalue weighted by Gasteiger charge is -2.22. The van der Waals surface area contributed by atoms with Crippen molar-refractivity contribution in [1.82, 2.24) is 5.32 Å². The van der Waals surface area contributed by atoms with Crippen molar-refractivity contribution in [3.05, 3.63) is 34.9 Å². The summed E-state index contributed by atoms with van der Waals surface area (Å²) in [7, 11) is 0. The van der Waals surface area contributed by atoms with Crippen molar-refractivity contribution in [1.29, 1.82) is 0 Å². The summed E-state index contributed by atoms with van der Waals surface area (Å²) in [5, 5.41) is 3.62. The first-order valence-electron chi connectivity index (χ1n) is 6.85. The standard InChI is InChI=1S/C16H27N/c1-6-17-16(11-10-12(2)3)15-9-7-8-13(4)14(15)5/h7-9,12,16-17H,6,10-11H2,1-5H3. The molecule has 0 radical (unpaired) electrons. The maximum absolute atomic E-state index is 3.62. The molecule has 0 amide bonds. The van der Waals surface area contributed by atoms with Crippen molar-refractivity contribution in [2.24, 2.45) is 5.92 Å². The molecule has 0 bridgehead atoms. The van der Waals surface area contributed by atoms with Crippen LogP contribution in [0.3, 0.4) is 0 Å². The highest BCUT2D eigenvalue weighted by molar-refractivity contribution is 5.35. The molecule has 1 aromatic rings. The summed E-state index contributed by atoms with van der Waals surface area (Å²) in [6.45, 7) is 12.3. The fourth-order valence-corrected chi connectivity index (χ4v) is 2.27. The van der Waals surface area contributed by atoms with Gasteiger partial charge in [-0.25, -0.2) is 0 Å². The zero-order chi connectivity index (χ0) is 12.8. The highest BCUT2D eigenvalue weighted by Crippen LogP contribution is 2.25. The summed E-state index contributed by atoms with van der Waals surface area (Å²) in [4.78, 5) is 0. The highest BCUT2D eigenvalue weighted by atomic mass is 14.9. The third-order valence-electron chi connectivity index (χ3n) is 3.51. The average molecular weight is 233 g/mol. The zero-order valence-electron chi connectivity index (χ0n) is 12.0. The summed E-state index contributed by atoms with van der Waals surface area (Å²) in [5.41, 5.74) is 4.32. The van der Waals surface area contributed by atoms with Gasteiger partial charge in [-0.05, 0) is 55.8 Å². The van der Waals surface area contributed by atoms with Crippen LogP contribution < -0.4 is 5.32 Å². The summed E-state index contributed by atoms with van der Waals surface area (Å²) < 4.78 is 0. The van der Waals surface area contributed by atoms with Gasteiger partial charge in [-0.1, -0.05) is 39.0 Å². The molecule has 1 atom stereocenters. The van der Waals surface area contributed by atoms with Crippen LogP contribution in [0.4, 0.5) is 0 Å². The van der Waals surface area contributed by atoms with Crippen molar-refractivity contribution in [2.45, 2.75) is 53.5 Å². The number of nitrogens with one attached hydrogen (secondary N) is 1. The predicted octanol–water partition coefficient (Wildman–Crippen LogP) is 4.39. The van der Waals surface area contributed by atoms with Crippen LogP contribution in [0.5, 0.6) is 0 Å². The SMILES string of the molecule is CCNC(CCC(C)C)c1cccc(C)c1C. The molecule has 1 unspecified atom stereocenters. The van der Waals surface area contributed by atoms with Crippen LogP contribution in [0.25, 0.3) is 0 Å². The molecular formula is C16H27N. The van der Waals surface area contributed by atoms with Crippen LogP contribution in [0.2, 0.25) is 0 Å². The van der Waals surface area contributed by atoms with Crippen LogP contribution in [0, 0.1) is 19.8 Å². The number of hydrogen-bond donors (Lipinski definition) is 1. The van der Waals surface area contributed by atoms with Crippen LogP contribution in [0.1, 0.15) is 56.3 Å². The van der Waals surface area contributed by atoms with Crippen molar-refractivity contribution in [2.75, 3.05) is 6.54 Å². The lowest BCUT2D eigenvalue weighted by molar-refractivity contribution is 0.447. The Morgan fingerprint density at radius 2 is 1.82 bits per heavy atom. The van der Waals surface area contributed by atoms with Gasteiger partial charge in [0.2, 0.25) is 0 Å². The molecule has 0 spiro atoms. The average Bonchev–Trinajstić information content (AvgIpc) is 2.28. The van der Waals surface area contributed by atoms with Crippen LogP contribution in [-0.2, 0) is 0 Å². The van der Waals surface area contributed by atoms with Crippen LogP contribution in [0.15, 0.2) is 18.2 Å². The van der Waals surface area contributed by atoms with Gasteiger partial charge in [0.05, 0.1) is 0 Å². The van der Waals surface area contributed by atoms with Crippen molar-refractivity contribution in [3.63, 3.8) is 0 Å². The first-order chi connectivity index (χ1) is 8.06. The highest BCUT2D eigenvalue weighted by Gasteiger charge is 2.13. The Morgan fingerprint density at radius 3 is 2.41 bits per heavy atom. The molecule has 96 valence electrons. The number of aryl methyl sites for hydroxylation is 1. The molecule has 0 aromatic heterocycles. The third-order valence-corrected chi connectivity index (χ3v) is 3.51. The molecule has 1 nitrogen and oxygen atoms in total. The summed E-state index contributed by atoms with van der Waals surface area (Å²) in [6.07, 6.45) is 2.51. The molecule has 1 rings (SSSR count).